The molecular formula is C17H12BrNO3S. The minimum atomic E-state index is -1.06. The van der Waals surface area contributed by atoms with Gasteiger partial charge in [0, 0.05) is 27.4 Å². The maximum Gasteiger partial charge on any atom is 0.342 e. The van der Waals surface area contributed by atoms with Crippen LogP contribution in [0.2, 0.25) is 0 Å². The standard InChI is InChI=1S/C17H12BrNO3S/c18-9-11-8-17(16(21)22-11)14-6-2-1-5-13(14)15(20)19(17)10-12-4-3-7-23-12/h1-7,9H,8,10H2/b11-9+. The lowest BCUT2D eigenvalue weighted by Crippen LogP contribution is -2.46. The molecule has 4 rings (SSSR count). The van der Waals surface area contributed by atoms with Crippen molar-refractivity contribution in [2.24, 2.45) is 0 Å². The molecule has 1 spiro atoms. The summed E-state index contributed by atoms with van der Waals surface area (Å²) in [7, 11) is 0. The molecule has 0 aliphatic carbocycles. The van der Waals surface area contributed by atoms with Crippen LogP contribution in [0.1, 0.15) is 27.2 Å². The minimum Gasteiger partial charge on any atom is -0.428 e. The van der Waals surface area contributed by atoms with E-state index in [4.69, 9.17) is 4.74 Å². The Kier molecular flexibility index (Phi) is 3.39. The van der Waals surface area contributed by atoms with Crippen LogP contribution < -0.4 is 0 Å². The highest BCUT2D eigenvalue weighted by atomic mass is 79.9. The molecule has 1 unspecified atom stereocenters. The van der Waals surface area contributed by atoms with Gasteiger partial charge in [-0.1, -0.05) is 40.2 Å². The van der Waals surface area contributed by atoms with Gasteiger partial charge in [-0.15, -0.1) is 11.3 Å². The van der Waals surface area contributed by atoms with E-state index in [9.17, 15) is 9.59 Å². The molecule has 2 aliphatic heterocycles. The summed E-state index contributed by atoms with van der Waals surface area (Å²) < 4.78 is 5.39. The normalized spacial score (nSPS) is 24.6. The van der Waals surface area contributed by atoms with Crippen molar-refractivity contribution in [3.63, 3.8) is 0 Å². The number of thiophene rings is 1. The lowest BCUT2D eigenvalue weighted by atomic mass is 9.87. The quantitative estimate of drug-likeness (QED) is 0.734. The number of hydrogen-bond donors (Lipinski definition) is 0. The molecule has 116 valence electrons. The fraction of sp³-hybridized carbons (Fsp3) is 0.176. The second-order valence-corrected chi connectivity index (χ2v) is 7.01. The molecule has 1 fully saturated rings. The van der Waals surface area contributed by atoms with Gasteiger partial charge in [-0.3, -0.25) is 4.79 Å². The number of hydrogen-bond acceptors (Lipinski definition) is 4. The summed E-state index contributed by atoms with van der Waals surface area (Å²) in [6.07, 6.45) is 0.352. The van der Waals surface area contributed by atoms with Crippen molar-refractivity contribution >= 4 is 39.1 Å². The van der Waals surface area contributed by atoms with Crippen LogP contribution in [0, 0.1) is 0 Å². The summed E-state index contributed by atoms with van der Waals surface area (Å²) >= 11 is 4.80. The molecule has 1 atom stereocenters. The molecule has 0 N–H and O–H groups in total. The van der Waals surface area contributed by atoms with E-state index >= 15 is 0 Å². The molecule has 3 heterocycles. The van der Waals surface area contributed by atoms with Crippen molar-refractivity contribution in [1.29, 1.82) is 0 Å². The van der Waals surface area contributed by atoms with E-state index < -0.39 is 11.5 Å². The Balaban J connectivity index is 1.88. The van der Waals surface area contributed by atoms with Crippen LogP contribution in [0.5, 0.6) is 0 Å². The molecule has 4 nitrogen and oxygen atoms in total. The van der Waals surface area contributed by atoms with Crippen molar-refractivity contribution in [2.45, 2.75) is 18.5 Å². The molecule has 1 aromatic heterocycles. The predicted molar refractivity (Wildman–Crippen MR) is 90.0 cm³/mol. The maximum atomic E-state index is 12.9. The summed E-state index contributed by atoms with van der Waals surface area (Å²) in [5.74, 6) is 0.0236. The van der Waals surface area contributed by atoms with Gasteiger partial charge in [0.25, 0.3) is 5.91 Å². The first-order valence-electron chi connectivity index (χ1n) is 7.12. The van der Waals surface area contributed by atoms with Gasteiger partial charge >= 0.3 is 5.97 Å². The third-order valence-electron chi connectivity index (χ3n) is 4.32. The summed E-state index contributed by atoms with van der Waals surface area (Å²) in [4.78, 5) is 29.9. The molecule has 1 amide bonds. The Morgan fingerprint density at radius 3 is 2.78 bits per heavy atom. The Hall–Kier alpha value is -1.92. The smallest absolute Gasteiger partial charge is 0.342 e. The van der Waals surface area contributed by atoms with Crippen LogP contribution in [0.25, 0.3) is 0 Å². The van der Waals surface area contributed by atoms with Crippen molar-refractivity contribution in [3.8, 4) is 0 Å². The third kappa shape index (κ3) is 2.01. The highest BCUT2D eigenvalue weighted by molar-refractivity contribution is 9.11. The van der Waals surface area contributed by atoms with Crippen LogP contribution in [0.15, 0.2) is 52.5 Å². The molecule has 23 heavy (non-hydrogen) atoms. The molecular weight excluding hydrogens is 378 g/mol. The van der Waals surface area contributed by atoms with E-state index in [2.05, 4.69) is 15.9 Å². The van der Waals surface area contributed by atoms with E-state index in [0.717, 1.165) is 10.4 Å². The first-order chi connectivity index (χ1) is 11.2. The molecule has 1 aromatic carbocycles. The van der Waals surface area contributed by atoms with Gasteiger partial charge in [0.2, 0.25) is 0 Å². The highest BCUT2D eigenvalue weighted by Gasteiger charge is 2.60. The van der Waals surface area contributed by atoms with Gasteiger partial charge in [-0.2, -0.15) is 0 Å². The monoisotopic (exact) mass is 389 g/mol. The summed E-state index contributed by atoms with van der Waals surface area (Å²) in [5.41, 5.74) is 0.254. The number of esters is 1. The predicted octanol–water partition coefficient (Wildman–Crippen LogP) is 3.78. The summed E-state index contributed by atoms with van der Waals surface area (Å²) in [6, 6.07) is 11.2. The van der Waals surface area contributed by atoms with Crippen molar-refractivity contribution < 1.29 is 14.3 Å². The zero-order valence-electron chi connectivity index (χ0n) is 12.0. The average molecular weight is 390 g/mol. The van der Waals surface area contributed by atoms with Crippen LogP contribution in [0.4, 0.5) is 0 Å². The topological polar surface area (TPSA) is 46.6 Å². The van der Waals surface area contributed by atoms with Gasteiger partial charge in [0.05, 0.1) is 6.54 Å². The number of carbonyl (C=O) groups excluding carboxylic acids is 2. The Morgan fingerprint density at radius 1 is 1.26 bits per heavy atom. The Bertz CT molecular complexity index is 830. The van der Waals surface area contributed by atoms with Crippen LogP contribution in [-0.2, 0) is 21.6 Å². The number of cyclic esters (lactones) is 1. The largest absolute Gasteiger partial charge is 0.428 e. The van der Waals surface area contributed by atoms with Gasteiger partial charge in [0.1, 0.15) is 5.76 Å². The van der Waals surface area contributed by atoms with Crippen LogP contribution >= 0.6 is 27.3 Å². The number of carbonyl (C=O) groups is 2. The zero-order valence-corrected chi connectivity index (χ0v) is 14.4. The van der Waals surface area contributed by atoms with Crippen molar-refractivity contribution in [2.75, 3.05) is 0 Å². The lowest BCUT2D eigenvalue weighted by molar-refractivity contribution is -0.145. The third-order valence-corrected chi connectivity index (χ3v) is 5.69. The second kappa shape index (κ2) is 5.32. The Labute approximate surface area is 145 Å². The average Bonchev–Trinajstić information content (AvgIpc) is 3.24. The SMILES string of the molecule is O=C1c2ccccc2C2(C/C(=C\Br)OC2=O)N1Cc1cccs1. The fourth-order valence-corrected chi connectivity index (χ4v) is 4.24. The number of halogens is 1. The number of benzene rings is 1. The fourth-order valence-electron chi connectivity index (χ4n) is 3.30. The van der Waals surface area contributed by atoms with Gasteiger partial charge in [-0.25, -0.2) is 4.79 Å². The number of amides is 1. The second-order valence-electron chi connectivity index (χ2n) is 5.52. The number of fused-ring (bicyclic) bond motifs is 2. The highest BCUT2D eigenvalue weighted by Crippen LogP contribution is 2.49. The number of nitrogens with zero attached hydrogens (tertiary/aromatic N) is 1. The maximum absolute atomic E-state index is 12.9. The zero-order chi connectivity index (χ0) is 16.0. The van der Waals surface area contributed by atoms with Crippen LogP contribution in [-0.4, -0.2) is 16.8 Å². The first kappa shape index (κ1) is 14.7. The number of rotatable bonds is 2. The summed E-state index contributed by atoms with van der Waals surface area (Å²) in [5, 5.41) is 1.96. The van der Waals surface area contributed by atoms with Crippen molar-refractivity contribution in [3.05, 3.63) is 68.5 Å². The molecule has 0 radical (unpaired) electrons. The van der Waals surface area contributed by atoms with E-state index in [0.29, 0.717) is 24.3 Å². The van der Waals surface area contributed by atoms with Crippen LogP contribution in [0.3, 0.4) is 0 Å². The van der Waals surface area contributed by atoms with E-state index in [1.165, 1.54) is 0 Å². The molecule has 2 aliphatic rings. The molecule has 0 bridgehead atoms. The Morgan fingerprint density at radius 2 is 2.09 bits per heavy atom. The van der Waals surface area contributed by atoms with E-state index in [-0.39, 0.29) is 5.91 Å². The van der Waals surface area contributed by atoms with E-state index in [1.54, 1.807) is 27.3 Å². The molecule has 0 saturated carbocycles. The van der Waals surface area contributed by atoms with Gasteiger partial charge < -0.3 is 9.64 Å². The molecule has 6 heteroatoms. The summed E-state index contributed by atoms with van der Waals surface area (Å²) in [6.45, 7) is 0.399. The molecule has 2 aromatic rings. The lowest BCUT2D eigenvalue weighted by Gasteiger charge is -2.31. The van der Waals surface area contributed by atoms with Gasteiger partial charge in [-0.05, 0) is 17.5 Å². The molecule has 1 saturated heterocycles. The first-order valence-corrected chi connectivity index (χ1v) is 8.92. The van der Waals surface area contributed by atoms with Crippen molar-refractivity contribution in [1.82, 2.24) is 4.90 Å². The number of ether oxygens (including phenoxy) is 1. The minimum absolute atomic E-state index is 0.123. The van der Waals surface area contributed by atoms with E-state index in [1.807, 2.05) is 35.7 Å². The van der Waals surface area contributed by atoms with Gasteiger partial charge in [0.15, 0.2) is 5.54 Å².